The van der Waals surface area contributed by atoms with Gasteiger partial charge in [-0.05, 0) is 35.4 Å². The van der Waals surface area contributed by atoms with Crippen LogP contribution in [-0.2, 0) is 12.5 Å². The SMILES string of the molecule is CCNCCC(C)(C)c1c(Br)nnn1C. The van der Waals surface area contributed by atoms with Gasteiger partial charge in [-0.3, -0.25) is 4.68 Å². The molecule has 1 aromatic rings. The molecule has 4 nitrogen and oxygen atoms in total. The molecule has 1 rings (SSSR count). The molecule has 0 amide bonds. The Morgan fingerprint density at radius 1 is 1.47 bits per heavy atom. The Balaban J connectivity index is 2.76. The maximum absolute atomic E-state index is 4.02. The second-order valence-electron chi connectivity index (χ2n) is 4.34. The van der Waals surface area contributed by atoms with Gasteiger partial charge in [0.15, 0.2) is 4.60 Å². The normalized spacial score (nSPS) is 12.1. The minimum Gasteiger partial charge on any atom is -0.317 e. The molecule has 0 spiro atoms. The number of aryl methyl sites for hydroxylation is 1. The third-order valence-electron chi connectivity index (χ3n) is 2.60. The molecule has 0 aliphatic rings. The number of aromatic nitrogens is 3. The lowest BCUT2D eigenvalue weighted by Crippen LogP contribution is -2.27. The van der Waals surface area contributed by atoms with Gasteiger partial charge >= 0.3 is 0 Å². The number of nitrogens with one attached hydrogen (secondary N) is 1. The summed E-state index contributed by atoms with van der Waals surface area (Å²) < 4.78 is 2.70. The number of rotatable bonds is 5. The molecule has 1 aromatic heterocycles. The predicted octanol–water partition coefficient (Wildman–Crippen LogP) is 1.85. The van der Waals surface area contributed by atoms with Crippen molar-refractivity contribution in [3.8, 4) is 0 Å². The highest BCUT2D eigenvalue weighted by Gasteiger charge is 2.27. The maximum Gasteiger partial charge on any atom is 0.152 e. The van der Waals surface area contributed by atoms with Gasteiger partial charge in [0.1, 0.15) is 0 Å². The first-order valence-corrected chi connectivity index (χ1v) is 6.04. The highest BCUT2D eigenvalue weighted by molar-refractivity contribution is 9.10. The molecule has 86 valence electrons. The van der Waals surface area contributed by atoms with Gasteiger partial charge in [-0.25, -0.2) is 0 Å². The van der Waals surface area contributed by atoms with E-state index in [2.05, 4.69) is 52.3 Å². The fraction of sp³-hybridized carbons (Fsp3) is 0.800. The molecule has 1 N–H and O–H groups in total. The molecule has 1 heterocycles. The summed E-state index contributed by atoms with van der Waals surface area (Å²) in [7, 11) is 1.93. The topological polar surface area (TPSA) is 42.7 Å². The van der Waals surface area contributed by atoms with Gasteiger partial charge in [-0.1, -0.05) is 26.0 Å². The lowest BCUT2D eigenvalue weighted by atomic mass is 9.86. The molecule has 0 fully saturated rings. The van der Waals surface area contributed by atoms with Gasteiger partial charge in [-0.2, -0.15) is 0 Å². The smallest absolute Gasteiger partial charge is 0.152 e. The number of nitrogens with zero attached hydrogens (tertiary/aromatic N) is 3. The van der Waals surface area contributed by atoms with E-state index in [1.54, 1.807) is 0 Å². The van der Waals surface area contributed by atoms with Gasteiger partial charge in [0, 0.05) is 12.5 Å². The van der Waals surface area contributed by atoms with Crippen molar-refractivity contribution in [3.63, 3.8) is 0 Å². The third-order valence-corrected chi connectivity index (χ3v) is 3.14. The molecule has 0 saturated carbocycles. The highest BCUT2D eigenvalue weighted by Crippen LogP contribution is 2.30. The molecule has 0 saturated heterocycles. The van der Waals surface area contributed by atoms with Crippen molar-refractivity contribution >= 4 is 15.9 Å². The average Bonchev–Trinajstić information content (AvgIpc) is 2.46. The van der Waals surface area contributed by atoms with E-state index in [1.807, 2.05) is 11.7 Å². The fourth-order valence-electron chi connectivity index (χ4n) is 1.75. The summed E-state index contributed by atoms with van der Waals surface area (Å²) in [5.74, 6) is 0. The van der Waals surface area contributed by atoms with Gasteiger partial charge in [0.25, 0.3) is 0 Å². The second kappa shape index (κ2) is 5.07. The summed E-state index contributed by atoms with van der Waals surface area (Å²) in [5.41, 5.74) is 1.24. The second-order valence-corrected chi connectivity index (χ2v) is 5.09. The number of hydrogen-bond donors (Lipinski definition) is 1. The standard InChI is InChI=1S/C10H19BrN4/c1-5-12-7-6-10(2,3)8-9(11)13-14-15(8)4/h12H,5-7H2,1-4H3. The van der Waals surface area contributed by atoms with Crippen LogP contribution in [0.4, 0.5) is 0 Å². The van der Waals surface area contributed by atoms with Crippen LogP contribution in [0.25, 0.3) is 0 Å². The molecule has 0 aliphatic carbocycles. The first-order valence-electron chi connectivity index (χ1n) is 5.25. The molecule has 5 heteroatoms. The highest BCUT2D eigenvalue weighted by atomic mass is 79.9. The summed E-state index contributed by atoms with van der Waals surface area (Å²) in [6, 6.07) is 0. The molecule has 0 radical (unpaired) electrons. The Labute approximate surface area is 99.6 Å². The minimum absolute atomic E-state index is 0.0826. The summed E-state index contributed by atoms with van der Waals surface area (Å²) in [6.45, 7) is 8.58. The van der Waals surface area contributed by atoms with E-state index in [0.29, 0.717) is 0 Å². The van der Waals surface area contributed by atoms with Crippen LogP contribution >= 0.6 is 15.9 Å². The first-order chi connectivity index (χ1) is 6.99. The van der Waals surface area contributed by atoms with E-state index < -0.39 is 0 Å². The maximum atomic E-state index is 4.02. The largest absolute Gasteiger partial charge is 0.317 e. The lowest BCUT2D eigenvalue weighted by Gasteiger charge is -2.24. The Morgan fingerprint density at radius 2 is 2.13 bits per heavy atom. The van der Waals surface area contributed by atoms with Crippen LogP contribution in [0, 0.1) is 0 Å². The monoisotopic (exact) mass is 274 g/mol. The van der Waals surface area contributed by atoms with E-state index in [-0.39, 0.29) is 5.41 Å². The lowest BCUT2D eigenvalue weighted by molar-refractivity contribution is 0.426. The van der Waals surface area contributed by atoms with E-state index in [1.165, 1.54) is 0 Å². The summed E-state index contributed by atoms with van der Waals surface area (Å²) in [5, 5.41) is 11.4. The third kappa shape index (κ3) is 3.01. The summed E-state index contributed by atoms with van der Waals surface area (Å²) in [6.07, 6.45) is 1.07. The number of hydrogen-bond acceptors (Lipinski definition) is 3. The molecular weight excluding hydrogens is 256 g/mol. The Morgan fingerprint density at radius 3 is 2.60 bits per heavy atom. The van der Waals surface area contributed by atoms with E-state index >= 15 is 0 Å². The first kappa shape index (κ1) is 12.6. The Hall–Kier alpha value is -0.420. The van der Waals surface area contributed by atoms with Crippen molar-refractivity contribution in [2.45, 2.75) is 32.6 Å². The van der Waals surface area contributed by atoms with Crippen LogP contribution in [0.3, 0.4) is 0 Å². The molecule has 0 atom stereocenters. The summed E-state index contributed by atoms with van der Waals surface area (Å²) >= 11 is 3.45. The predicted molar refractivity (Wildman–Crippen MR) is 64.9 cm³/mol. The average molecular weight is 275 g/mol. The molecular formula is C10H19BrN4. The molecule has 0 unspecified atom stereocenters. The Bertz CT molecular complexity index is 300. The van der Waals surface area contributed by atoms with Crippen molar-refractivity contribution in [1.82, 2.24) is 20.3 Å². The van der Waals surface area contributed by atoms with Gasteiger partial charge in [0.2, 0.25) is 0 Å². The quantitative estimate of drug-likeness (QED) is 0.834. The zero-order chi connectivity index (χ0) is 11.5. The van der Waals surface area contributed by atoms with E-state index in [0.717, 1.165) is 29.8 Å². The van der Waals surface area contributed by atoms with Crippen molar-refractivity contribution in [2.75, 3.05) is 13.1 Å². The fourth-order valence-corrected chi connectivity index (χ4v) is 2.61. The van der Waals surface area contributed by atoms with Gasteiger partial charge in [0.05, 0.1) is 5.69 Å². The zero-order valence-corrected chi connectivity index (χ0v) is 11.4. The van der Waals surface area contributed by atoms with Crippen LogP contribution < -0.4 is 5.32 Å². The van der Waals surface area contributed by atoms with Crippen LogP contribution in [0.15, 0.2) is 4.60 Å². The van der Waals surface area contributed by atoms with Crippen molar-refractivity contribution in [1.29, 1.82) is 0 Å². The van der Waals surface area contributed by atoms with Crippen LogP contribution in [-0.4, -0.2) is 28.1 Å². The van der Waals surface area contributed by atoms with Gasteiger partial charge < -0.3 is 5.32 Å². The van der Waals surface area contributed by atoms with Crippen LogP contribution in [0.5, 0.6) is 0 Å². The summed E-state index contributed by atoms with van der Waals surface area (Å²) in [4.78, 5) is 0. The van der Waals surface area contributed by atoms with E-state index in [9.17, 15) is 0 Å². The van der Waals surface area contributed by atoms with E-state index in [4.69, 9.17) is 0 Å². The van der Waals surface area contributed by atoms with Crippen molar-refractivity contribution in [3.05, 3.63) is 10.3 Å². The van der Waals surface area contributed by atoms with Crippen LogP contribution in [0.2, 0.25) is 0 Å². The molecule has 0 aliphatic heterocycles. The Kier molecular flexibility index (Phi) is 4.28. The van der Waals surface area contributed by atoms with Crippen molar-refractivity contribution in [2.24, 2.45) is 7.05 Å². The molecule has 0 aromatic carbocycles. The van der Waals surface area contributed by atoms with Crippen molar-refractivity contribution < 1.29 is 0 Å². The van der Waals surface area contributed by atoms with Crippen LogP contribution in [0.1, 0.15) is 32.9 Å². The molecule has 15 heavy (non-hydrogen) atoms. The number of halogens is 1. The minimum atomic E-state index is 0.0826. The van der Waals surface area contributed by atoms with Gasteiger partial charge in [-0.15, -0.1) is 5.10 Å². The zero-order valence-electron chi connectivity index (χ0n) is 9.84. The molecule has 0 bridgehead atoms.